The fourth-order valence-electron chi connectivity index (χ4n) is 1.83. The molecule has 3 amide bonds. The molecule has 0 heterocycles. The first-order valence-electron chi connectivity index (χ1n) is 7.59. The highest BCUT2D eigenvalue weighted by atomic mass is 35.5. The van der Waals surface area contributed by atoms with Crippen molar-refractivity contribution in [3.05, 3.63) is 23.2 Å². The average molecular weight is 372 g/mol. The van der Waals surface area contributed by atoms with Crippen LogP contribution in [0.5, 0.6) is 5.75 Å². The summed E-state index contributed by atoms with van der Waals surface area (Å²) in [5.41, 5.74) is 5.44. The Labute approximate surface area is 151 Å². The summed E-state index contributed by atoms with van der Waals surface area (Å²) in [6, 6.07) is 3.46. The quantitative estimate of drug-likeness (QED) is 0.644. The Hall–Kier alpha value is -2.48. The molecule has 0 aliphatic carbocycles. The second-order valence-electron chi connectivity index (χ2n) is 5.69. The van der Waals surface area contributed by atoms with Crippen LogP contribution in [0.2, 0.25) is 5.02 Å². The van der Waals surface area contributed by atoms with Crippen molar-refractivity contribution in [2.45, 2.75) is 26.3 Å². The third kappa shape index (κ3) is 7.30. The Morgan fingerprint density at radius 1 is 1.28 bits per heavy atom. The summed E-state index contributed by atoms with van der Waals surface area (Å²) in [7, 11) is 1.43. The number of anilines is 1. The van der Waals surface area contributed by atoms with Crippen LogP contribution in [0, 0.1) is 5.92 Å². The Balaban J connectivity index is 2.84. The molecule has 0 spiro atoms. The molecule has 0 fully saturated rings. The van der Waals surface area contributed by atoms with Crippen LogP contribution in [-0.2, 0) is 14.3 Å². The molecule has 0 saturated heterocycles. The van der Waals surface area contributed by atoms with Crippen LogP contribution in [0.4, 0.5) is 10.5 Å². The van der Waals surface area contributed by atoms with Gasteiger partial charge in [0.1, 0.15) is 11.8 Å². The summed E-state index contributed by atoms with van der Waals surface area (Å²) in [6.45, 7) is 3.91. The fourth-order valence-corrected chi connectivity index (χ4v) is 2.01. The largest absolute Gasteiger partial charge is 0.495 e. The molecule has 1 aromatic rings. The molecule has 9 heteroatoms. The molecule has 0 aromatic heterocycles. The van der Waals surface area contributed by atoms with Gasteiger partial charge in [0.25, 0.3) is 0 Å². The van der Waals surface area contributed by atoms with Gasteiger partial charge in [-0.15, -0.1) is 0 Å². The average Bonchev–Trinajstić information content (AvgIpc) is 2.52. The SMILES string of the molecule is COc1ccc(Cl)cc1NC(=O)[C@@H](CC(N)=O)NC(=O)OCC(C)C. The molecule has 0 aliphatic rings. The van der Waals surface area contributed by atoms with E-state index in [0.29, 0.717) is 16.5 Å². The van der Waals surface area contributed by atoms with Crippen molar-refractivity contribution in [1.82, 2.24) is 5.32 Å². The zero-order valence-electron chi connectivity index (χ0n) is 14.3. The van der Waals surface area contributed by atoms with Crippen molar-refractivity contribution in [1.29, 1.82) is 0 Å². The summed E-state index contributed by atoms with van der Waals surface area (Å²) in [6.07, 6.45) is -1.20. The maximum Gasteiger partial charge on any atom is 0.407 e. The van der Waals surface area contributed by atoms with E-state index in [-0.39, 0.29) is 18.9 Å². The second-order valence-corrected chi connectivity index (χ2v) is 6.13. The zero-order chi connectivity index (χ0) is 19.0. The van der Waals surface area contributed by atoms with Gasteiger partial charge in [-0.25, -0.2) is 4.79 Å². The van der Waals surface area contributed by atoms with Crippen LogP contribution >= 0.6 is 11.6 Å². The van der Waals surface area contributed by atoms with E-state index in [2.05, 4.69) is 10.6 Å². The van der Waals surface area contributed by atoms with Gasteiger partial charge < -0.3 is 25.8 Å². The number of carbonyl (C=O) groups excluding carboxylic acids is 3. The van der Waals surface area contributed by atoms with E-state index in [4.69, 9.17) is 26.8 Å². The maximum atomic E-state index is 12.4. The molecule has 4 N–H and O–H groups in total. The number of ether oxygens (including phenoxy) is 2. The molecule has 25 heavy (non-hydrogen) atoms. The number of hydrogen-bond acceptors (Lipinski definition) is 5. The number of benzene rings is 1. The predicted octanol–water partition coefficient (Wildman–Crippen LogP) is 1.91. The number of nitrogens with two attached hydrogens (primary N) is 1. The first-order valence-corrected chi connectivity index (χ1v) is 7.96. The van der Waals surface area contributed by atoms with Crippen LogP contribution in [0.25, 0.3) is 0 Å². The zero-order valence-corrected chi connectivity index (χ0v) is 15.1. The normalized spacial score (nSPS) is 11.6. The van der Waals surface area contributed by atoms with Gasteiger partial charge in [0.2, 0.25) is 11.8 Å². The van der Waals surface area contributed by atoms with Gasteiger partial charge in [0, 0.05) is 5.02 Å². The van der Waals surface area contributed by atoms with Gasteiger partial charge in [-0.2, -0.15) is 0 Å². The van der Waals surface area contributed by atoms with E-state index in [1.807, 2.05) is 13.8 Å². The first kappa shape index (κ1) is 20.6. The minimum Gasteiger partial charge on any atom is -0.495 e. The van der Waals surface area contributed by atoms with Crippen LogP contribution in [0.1, 0.15) is 20.3 Å². The molecule has 0 bridgehead atoms. The molecule has 1 atom stereocenters. The number of halogens is 1. The molecular weight excluding hydrogens is 350 g/mol. The van der Waals surface area contributed by atoms with E-state index in [1.165, 1.54) is 13.2 Å². The van der Waals surface area contributed by atoms with E-state index < -0.39 is 23.9 Å². The van der Waals surface area contributed by atoms with Crippen molar-refractivity contribution >= 4 is 35.2 Å². The summed E-state index contributed by atoms with van der Waals surface area (Å²) in [5.74, 6) is -0.897. The van der Waals surface area contributed by atoms with E-state index in [0.717, 1.165) is 0 Å². The van der Waals surface area contributed by atoms with Gasteiger partial charge in [0.15, 0.2) is 0 Å². The minimum atomic E-state index is -1.19. The topological polar surface area (TPSA) is 120 Å². The number of nitrogens with one attached hydrogen (secondary N) is 2. The van der Waals surface area contributed by atoms with E-state index >= 15 is 0 Å². The molecule has 1 aromatic carbocycles. The number of amides is 3. The van der Waals surface area contributed by atoms with Gasteiger partial charge in [0.05, 0.1) is 25.8 Å². The number of rotatable bonds is 8. The monoisotopic (exact) mass is 371 g/mol. The van der Waals surface area contributed by atoms with Crippen molar-refractivity contribution in [3.8, 4) is 5.75 Å². The minimum absolute atomic E-state index is 0.130. The molecule has 0 aliphatic heterocycles. The molecule has 138 valence electrons. The summed E-state index contributed by atoms with van der Waals surface area (Å²) < 4.78 is 10.1. The van der Waals surface area contributed by atoms with Crippen molar-refractivity contribution in [3.63, 3.8) is 0 Å². The van der Waals surface area contributed by atoms with Crippen LogP contribution in [0.15, 0.2) is 18.2 Å². The lowest BCUT2D eigenvalue weighted by atomic mass is 10.1. The molecule has 1 rings (SSSR count). The predicted molar refractivity (Wildman–Crippen MR) is 93.6 cm³/mol. The third-order valence-electron chi connectivity index (χ3n) is 2.98. The van der Waals surface area contributed by atoms with E-state index in [9.17, 15) is 14.4 Å². The lowest BCUT2D eigenvalue weighted by Gasteiger charge is -2.18. The van der Waals surface area contributed by atoms with Gasteiger partial charge >= 0.3 is 6.09 Å². The second kappa shape index (κ2) is 9.73. The van der Waals surface area contributed by atoms with Gasteiger partial charge in [-0.1, -0.05) is 25.4 Å². The number of methoxy groups -OCH3 is 1. The molecular formula is C16H22ClN3O5. The van der Waals surface area contributed by atoms with Crippen LogP contribution in [-0.4, -0.2) is 37.7 Å². The fraction of sp³-hybridized carbons (Fsp3) is 0.438. The Bertz CT molecular complexity index is 636. The van der Waals surface area contributed by atoms with Crippen molar-refractivity contribution in [2.24, 2.45) is 11.7 Å². The van der Waals surface area contributed by atoms with Crippen LogP contribution in [0.3, 0.4) is 0 Å². The Kier molecular flexibility index (Phi) is 8.00. The first-order chi connectivity index (χ1) is 11.7. The highest BCUT2D eigenvalue weighted by molar-refractivity contribution is 6.31. The number of hydrogen-bond donors (Lipinski definition) is 3. The molecule has 0 unspecified atom stereocenters. The van der Waals surface area contributed by atoms with Gasteiger partial charge in [-0.05, 0) is 24.1 Å². The lowest BCUT2D eigenvalue weighted by molar-refractivity contribution is -0.123. The Morgan fingerprint density at radius 3 is 2.52 bits per heavy atom. The number of alkyl carbamates (subject to hydrolysis) is 1. The molecule has 0 saturated carbocycles. The standard InChI is InChI=1S/C16H22ClN3O5/c1-9(2)8-25-16(23)20-12(7-14(18)21)15(22)19-11-6-10(17)4-5-13(11)24-3/h4-6,9,12H,7-8H2,1-3H3,(H2,18,21)(H,19,22)(H,20,23)/t12-/m1/s1. The smallest absolute Gasteiger partial charge is 0.407 e. The van der Waals surface area contributed by atoms with Crippen molar-refractivity contribution in [2.75, 3.05) is 19.0 Å². The maximum absolute atomic E-state index is 12.4. The van der Waals surface area contributed by atoms with Crippen LogP contribution < -0.4 is 21.1 Å². The van der Waals surface area contributed by atoms with Crippen molar-refractivity contribution < 1.29 is 23.9 Å². The lowest BCUT2D eigenvalue weighted by Crippen LogP contribution is -2.46. The van der Waals surface area contributed by atoms with Gasteiger partial charge in [-0.3, -0.25) is 9.59 Å². The highest BCUT2D eigenvalue weighted by Gasteiger charge is 2.24. The molecule has 8 nitrogen and oxygen atoms in total. The molecule has 0 radical (unpaired) electrons. The third-order valence-corrected chi connectivity index (χ3v) is 3.22. The Morgan fingerprint density at radius 2 is 1.96 bits per heavy atom. The number of carbonyl (C=O) groups is 3. The highest BCUT2D eigenvalue weighted by Crippen LogP contribution is 2.27. The van der Waals surface area contributed by atoms with E-state index in [1.54, 1.807) is 12.1 Å². The summed E-state index contributed by atoms with van der Waals surface area (Å²) >= 11 is 5.91. The summed E-state index contributed by atoms with van der Waals surface area (Å²) in [4.78, 5) is 35.4. The number of primary amides is 1. The summed E-state index contributed by atoms with van der Waals surface area (Å²) in [5, 5.41) is 5.26.